The molecule has 290 valence electrons. The summed E-state index contributed by atoms with van der Waals surface area (Å²) in [5, 5.41) is 0. The normalized spacial score (nSPS) is 14.1. The quantitative estimate of drug-likeness (QED) is 0.0977. The number of fused-ring (bicyclic) bond motifs is 4. The third-order valence-corrected chi connectivity index (χ3v) is 12.3. The highest BCUT2D eigenvalue weighted by atomic mass is 15.1. The van der Waals surface area contributed by atoms with Gasteiger partial charge in [0.05, 0.1) is 11.0 Å². The summed E-state index contributed by atoms with van der Waals surface area (Å²) in [6.07, 6.45) is 20.9. The number of benzene rings is 5. The first-order chi connectivity index (χ1) is 28.7. The Hall–Kier alpha value is -5.94. The van der Waals surface area contributed by atoms with E-state index in [1.54, 1.807) is 0 Å². The van der Waals surface area contributed by atoms with Gasteiger partial charge in [-0.25, -0.2) is 19.9 Å². The van der Waals surface area contributed by atoms with Crippen molar-refractivity contribution in [2.24, 2.45) is 0 Å². The van der Waals surface area contributed by atoms with Crippen molar-refractivity contribution >= 4 is 16.6 Å². The highest BCUT2D eigenvalue weighted by Crippen LogP contribution is 2.55. The van der Waals surface area contributed by atoms with Crippen molar-refractivity contribution in [3.8, 4) is 51.0 Å². The van der Waals surface area contributed by atoms with E-state index in [1.165, 1.54) is 79.2 Å². The number of imidazole rings is 1. The molecule has 0 bridgehead atoms. The maximum Gasteiger partial charge on any atom is 0.164 e. The van der Waals surface area contributed by atoms with Gasteiger partial charge in [-0.2, -0.15) is 0 Å². The van der Waals surface area contributed by atoms with Gasteiger partial charge in [0.15, 0.2) is 17.5 Å². The van der Waals surface area contributed by atoms with Crippen molar-refractivity contribution in [2.45, 2.75) is 96.3 Å². The number of unbranched alkanes of at least 4 members (excludes halogenated alkanes) is 6. The summed E-state index contributed by atoms with van der Waals surface area (Å²) in [5.41, 5.74) is 13.0. The molecule has 5 heteroatoms. The molecule has 58 heavy (non-hydrogen) atoms. The lowest BCUT2D eigenvalue weighted by Crippen LogP contribution is -2.25. The molecule has 5 nitrogen and oxygen atoms in total. The van der Waals surface area contributed by atoms with Crippen molar-refractivity contribution in [3.63, 3.8) is 0 Å². The first-order valence-electron chi connectivity index (χ1n) is 21.7. The molecule has 0 radical (unpaired) electrons. The molecule has 0 atom stereocenters. The van der Waals surface area contributed by atoms with E-state index in [2.05, 4.69) is 152 Å². The number of hydrogen-bond donors (Lipinski definition) is 0. The zero-order chi connectivity index (χ0) is 39.3. The van der Waals surface area contributed by atoms with Crippen molar-refractivity contribution < 1.29 is 0 Å². The molecule has 0 amide bonds. The Balaban J connectivity index is 1.18. The second kappa shape index (κ2) is 16.9. The first kappa shape index (κ1) is 37.6. The Morgan fingerprint density at radius 1 is 0.552 bits per heavy atom. The predicted molar refractivity (Wildman–Crippen MR) is 241 cm³/mol. The third kappa shape index (κ3) is 7.23. The Bertz CT molecular complexity index is 2600. The van der Waals surface area contributed by atoms with Gasteiger partial charge in [0.25, 0.3) is 0 Å². The average Bonchev–Trinajstić information content (AvgIpc) is 3.81. The molecule has 5 aromatic carbocycles. The molecule has 2 heterocycles. The van der Waals surface area contributed by atoms with Crippen LogP contribution < -0.4 is 0 Å². The number of nitrogens with zero attached hydrogens (tertiary/aromatic N) is 5. The molecule has 2 aliphatic rings. The standard InChI is InChI=1S/C53H53N5/c1-3-5-7-19-34-53(35-20-8-6-4-2)45-29-16-15-28-43(45)44-33-32-41(37-46(44)53)51-56-49(38-22-11-9-12-23-38)55-50(57-51)40-26-21-27-42(36-40)58-48-31-18-17-30-47(48)54-52(58)39-24-13-10-14-25-39/h9-13,15-18,21-24,26-33,36-37H,3-8,14,19-20,25,34-35H2,1-2H3. The van der Waals surface area contributed by atoms with E-state index in [0.717, 1.165) is 64.9 Å². The summed E-state index contributed by atoms with van der Waals surface area (Å²) in [5.74, 6) is 3.02. The highest BCUT2D eigenvalue weighted by Gasteiger charge is 2.42. The first-order valence-corrected chi connectivity index (χ1v) is 21.7. The van der Waals surface area contributed by atoms with Crippen LogP contribution >= 0.6 is 0 Å². The van der Waals surface area contributed by atoms with Crippen LogP contribution in [0.15, 0.2) is 140 Å². The fourth-order valence-electron chi connectivity index (χ4n) is 9.39. The van der Waals surface area contributed by atoms with Gasteiger partial charge in [-0.3, -0.25) is 4.57 Å². The molecule has 7 aromatic rings. The average molecular weight is 760 g/mol. The van der Waals surface area contributed by atoms with Crippen molar-refractivity contribution in [1.29, 1.82) is 0 Å². The van der Waals surface area contributed by atoms with Gasteiger partial charge in [-0.15, -0.1) is 0 Å². The molecule has 0 saturated heterocycles. The van der Waals surface area contributed by atoms with Crippen LogP contribution in [0.2, 0.25) is 0 Å². The van der Waals surface area contributed by atoms with Gasteiger partial charge in [0.1, 0.15) is 5.82 Å². The summed E-state index contributed by atoms with van der Waals surface area (Å²) in [6, 6.07) is 43.6. The maximum atomic E-state index is 5.32. The Kier molecular flexibility index (Phi) is 11.0. The Morgan fingerprint density at radius 3 is 1.95 bits per heavy atom. The van der Waals surface area contributed by atoms with Gasteiger partial charge in [0, 0.05) is 27.8 Å². The van der Waals surface area contributed by atoms with E-state index in [-0.39, 0.29) is 5.41 Å². The molecule has 0 spiro atoms. The third-order valence-electron chi connectivity index (χ3n) is 12.3. The zero-order valence-electron chi connectivity index (χ0n) is 34.0. The molecule has 0 saturated carbocycles. The van der Waals surface area contributed by atoms with Crippen LogP contribution in [-0.2, 0) is 5.41 Å². The number of allylic oxidation sites excluding steroid dienone is 4. The second-order valence-electron chi connectivity index (χ2n) is 16.2. The number of aromatic nitrogens is 5. The minimum absolute atomic E-state index is 0.0231. The fourth-order valence-corrected chi connectivity index (χ4v) is 9.39. The second-order valence-corrected chi connectivity index (χ2v) is 16.2. The topological polar surface area (TPSA) is 56.5 Å². The lowest BCUT2D eigenvalue weighted by atomic mass is 9.70. The summed E-state index contributed by atoms with van der Waals surface area (Å²) >= 11 is 0. The van der Waals surface area contributed by atoms with E-state index >= 15 is 0 Å². The lowest BCUT2D eigenvalue weighted by Gasteiger charge is -2.33. The predicted octanol–water partition coefficient (Wildman–Crippen LogP) is 14.2. The number of para-hydroxylation sites is 2. The molecule has 0 fully saturated rings. The molecule has 2 aromatic heterocycles. The molecule has 2 aliphatic carbocycles. The molecule has 0 unspecified atom stereocenters. The van der Waals surface area contributed by atoms with Crippen LogP contribution in [0.1, 0.15) is 108 Å². The molecular formula is C53H53N5. The minimum Gasteiger partial charge on any atom is -0.293 e. The van der Waals surface area contributed by atoms with Gasteiger partial charge in [-0.1, -0.05) is 174 Å². The van der Waals surface area contributed by atoms with Crippen molar-refractivity contribution in [1.82, 2.24) is 24.5 Å². The van der Waals surface area contributed by atoms with Crippen molar-refractivity contribution in [3.05, 3.63) is 157 Å². The summed E-state index contributed by atoms with van der Waals surface area (Å²) in [6.45, 7) is 4.61. The van der Waals surface area contributed by atoms with Gasteiger partial charge >= 0.3 is 0 Å². The minimum atomic E-state index is -0.0231. The smallest absolute Gasteiger partial charge is 0.164 e. The summed E-state index contributed by atoms with van der Waals surface area (Å²) in [7, 11) is 0. The fraction of sp³-hybridized carbons (Fsp3) is 0.283. The van der Waals surface area contributed by atoms with Crippen LogP contribution in [-0.4, -0.2) is 24.5 Å². The van der Waals surface area contributed by atoms with Gasteiger partial charge < -0.3 is 0 Å². The van der Waals surface area contributed by atoms with Crippen LogP contribution in [0, 0.1) is 0 Å². The maximum absolute atomic E-state index is 5.32. The zero-order valence-corrected chi connectivity index (χ0v) is 34.0. The molecule has 0 N–H and O–H groups in total. The van der Waals surface area contributed by atoms with E-state index in [1.807, 2.05) is 6.07 Å². The van der Waals surface area contributed by atoms with E-state index in [0.29, 0.717) is 17.5 Å². The van der Waals surface area contributed by atoms with E-state index in [4.69, 9.17) is 19.9 Å². The lowest BCUT2D eigenvalue weighted by molar-refractivity contribution is 0.401. The highest BCUT2D eigenvalue weighted by molar-refractivity contribution is 5.85. The van der Waals surface area contributed by atoms with E-state index in [9.17, 15) is 0 Å². The van der Waals surface area contributed by atoms with Crippen LogP contribution in [0.3, 0.4) is 0 Å². The summed E-state index contributed by atoms with van der Waals surface area (Å²) in [4.78, 5) is 20.9. The molecular weight excluding hydrogens is 707 g/mol. The molecule has 9 rings (SSSR count). The van der Waals surface area contributed by atoms with Gasteiger partial charge in [-0.05, 0) is 83.8 Å². The van der Waals surface area contributed by atoms with Crippen molar-refractivity contribution in [2.75, 3.05) is 0 Å². The van der Waals surface area contributed by atoms with Crippen LogP contribution in [0.25, 0.3) is 67.6 Å². The SMILES string of the molecule is CCCCCCC1(CCCCCC)c2ccccc2-c2ccc(-c3nc(-c4ccccc4)nc(-c4cccc(-n5c(C6=CC=CCC6)nc6ccccc65)c4)n3)cc21. The summed E-state index contributed by atoms with van der Waals surface area (Å²) < 4.78 is 2.29. The monoisotopic (exact) mass is 759 g/mol. The Labute approximate surface area is 343 Å². The van der Waals surface area contributed by atoms with Crippen LogP contribution in [0.5, 0.6) is 0 Å². The Morgan fingerprint density at radius 2 is 1.21 bits per heavy atom. The van der Waals surface area contributed by atoms with E-state index < -0.39 is 0 Å². The van der Waals surface area contributed by atoms with Crippen LogP contribution in [0.4, 0.5) is 0 Å². The van der Waals surface area contributed by atoms with Gasteiger partial charge in [0.2, 0.25) is 0 Å². The molecule has 0 aliphatic heterocycles. The number of rotatable bonds is 15. The largest absolute Gasteiger partial charge is 0.293 e. The number of hydrogen-bond acceptors (Lipinski definition) is 4.